The Morgan fingerprint density at radius 3 is 2.40 bits per heavy atom. The van der Waals surface area contributed by atoms with Crippen LogP contribution >= 0.6 is 0 Å². The van der Waals surface area contributed by atoms with Crippen LogP contribution in [0.15, 0.2) is 30.3 Å². The van der Waals surface area contributed by atoms with E-state index in [1.54, 1.807) is 16.8 Å². The number of hydrogen-bond donors (Lipinski definition) is 1. The van der Waals surface area contributed by atoms with Crippen molar-refractivity contribution in [3.05, 3.63) is 35.9 Å². The van der Waals surface area contributed by atoms with Gasteiger partial charge in [-0.2, -0.15) is 0 Å². The number of amides is 2. The average Bonchev–Trinajstić information content (AvgIpc) is 2.60. The van der Waals surface area contributed by atoms with Crippen LogP contribution < -0.4 is 5.32 Å². The van der Waals surface area contributed by atoms with Crippen LogP contribution in [-0.2, 0) is 14.3 Å². The third kappa shape index (κ3) is 6.14. The van der Waals surface area contributed by atoms with Crippen molar-refractivity contribution in [3.8, 4) is 0 Å². The third-order valence-corrected chi connectivity index (χ3v) is 4.32. The molecule has 2 rings (SSSR count). The number of ether oxygens (including phenoxy) is 1. The summed E-state index contributed by atoms with van der Waals surface area (Å²) >= 11 is 0. The first-order valence-electron chi connectivity index (χ1n) is 8.85. The molecule has 0 spiro atoms. The minimum atomic E-state index is -0.0696. The van der Waals surface area contributed by atoms with Gasteiger partial charge in [0.15, 0.2) is 0 Å². The molecular weight excluding hydrogens is 318 g/mol. The molecule has 1 aromatic carbocycles. The Labute approximate surface area is 150 Å². The van der Waals surface area contributed by atoms with Gasteiger partial charge in [-0.1, -0.05) is 44.2 Å². The number of carbonyl (C=O) groups is 2. The summed E-state index contributed by atoms with van der Waals surface area (Å²) < 4.78 is 5.26. The van der Waals surface area contributed by atoms with Gasteiger partial charge >= 0.3 is 0 Å². The molecular formula is C19H29N3O3. The van der Waals surface area contributed by atoms with E-state index in [1.807, 2.05) is 30.3 Å². The number of nitrogens with zero attached hydrogens (tertiary/aromatic N) is 2. The van der Waals surface area contributed by atoms with E-state index in [1.165, 1.54) is 0 Å². The van der Waals surface area contributed by atoms with Gasteiger partial charge in [-0.3, -0.25) is 14.5 Å². The number of carbonyl (C=O) groups excluding carboxylic acids is 2. The zero-order valence-corrected chi connectivity index (χ0v) is 15.4. The summed E-state index contributed by atoms with van der Waals surface area (Å²) in [5.74, 6) is 0.258. The number of nitrogens with one attached hydrogen (secondary N) is 1. The van der Waals surface area contributed by atoms with Gasteiger partial charge in [0, 0.05) is 13.1 Å². The van der Waals surface area contributed by atoms with E-state index >= 15 is 0 Å². The molecule has 6 nitrogen and oxygen atoms in total. The van der Waals surface area contributed by atoms with Gasteiger partial charge in [0.25, 0.3) is 0 Å². The van der Waals surface area contributed by atoms with Crippen LogP contribution in [-0.4, -0.2) is 68.1 Å². The minimum Gasteiger partial charge on any atom is -0.378 e. The summed E-state index contributed by atoms with van der Waals surface area (Å²) in [4.78, 5) is 28.2. The Hall–Kier alpha value is -1.92. The van der Waals surface area contributed by atoms with Crippen LogP contribution in [0, 0.1) is 5.92 Å². The Balaban J connectivity index is 1.84. The largest absolute Gasteiger partial charge is 0.378 e. The smallest absolute Gasteiger partial charge is 0.236 e. The standard InChI is InChI=1S/C19H29N3O3/c1-15(2)19(16-7-5-4-6-8-16)20-17(23)13-21(3)14-18(24)22-9-11-25-12-10-22/h4-8,15,19H,9-14H2,1-3H3,(H,20,23). The number of rotatable bonds is 7. The van der Waals surface area contributed by atoms with Crippen molar-refractivity contribution in [1.82, 2.24) is 15.1 Å². The maximum Gasteiger partial charge on any atom is 0.236 e. The lowest BCUT2D eigenvalue weighted by molar-refractivity contribution is -0.136. The summed E-state index contributed by atoms with van der Waals surface area (Å²) in [5, 5.41) is 3.09. The summed E-state index contributed by atoms with van der Waals surface area (Å²) in [6, 6.07) is 9.94. The molecule has 25 heavy (non-hydrogen) atoms. The first kappa shape index (κ1) is 19.4. The Kier molecular flexibility index (Phi) is 7.40. The molecule has 1 N–H and O–H groups in total. The fourth-order valence-corrected chi connectivity index (χ4v) is 2.96. The van der Waals surface area contributed by atoms with Crippen molar-refractivity contribution in [2.45, 2.75) is 19.9 Å². The molecule has 1 heterocycles. The predicted molar refractivity (Wildman–Crippen MR) is 97.1 cm³/mol. The third-order valence-electron chi connectivity index (χ3n) is 4.32. The molecule has 0 aromatic heterocycles. The molecule has 1 fully saturated rings. The summed E-state index contributed by atoms with van der Waals surface area (Å²) in [5.41, 5.74) is 1.10. The lowest BCUT2D eigenvalue weighted by atomic mass is 9.96. The lowest BCUT2D eigenvalue weighted by Crippen LogP contribution is -2.47. The second-order valence-corrected chi connectivity index (χ2v) is 6.87. The quantitative estimate of drug-likeness (QED) is 0.807. The topological polar surface area (TPSA) is 61.9 Å². The van der Waals surface area contributed by atoms with Gasteiger partial charge in [-0.05, 0) is 18.5 Å². The molecule has 1 aromatic rings. The highest BCUT2D eigenvalue weighted by Gasteiger charge is 2.21. The Morgan fingerprint density at radius 1 is 1.16 bits per heavy atom. The highest BCUT2D eigenvalue weighted by atomic mass is 16.5. The molecule has 1 atom stereocenters. The van der Waals surface area contributed by atoms with E-state index in [0.717, 1.165) is 5.56 Å². The molecule has 0 saturated carbocycles. The summed E-state index contributed by atoms with van der Waals surface area (Å²) in [7, 11) is 1.80. The second-order valence-electron chi connectivity index (χ2n) is 6.87. The van der Waals surface area contributed by atoms with E-state index in [0.29, 0.717) is 26.3 Å². The van der Waals surface area contributed by atoms with Crippen molar-refractivity contribution in [2.75, 3.05) is 46.4 Å². The lowest BCUT2D eigenvalue weighted by Gasteiger charge is -2.29. The maximum absolute atomic E-state index is 12.4. The molecule has 0 aliphatic carbocycles. The summed E-state index contributed by atoms with van der Waals surface area (Å²) in [6.07, 6.45) is 0. The van der Waals surface area contributed by atoms with Gasteiger partial charge in [-0.25, -0.2) is 0 Å². The van der Waals surface area contributed by atoms with E-state index in [2.05, 4.69) is 19.2 Å². The molecule has 6 heteroatoms. The van der Waals surface area contributed by atoms with Gasteiger partial charge in [0.1, 0.15) is 0 Å². The fraction of sp³-hybridized carbons (Fsp3) is 0.579. The van der Waals surface area contributed by atoms with Crippen LogP contribution in [0.5, 0.6) is 0 Å². The van der Waals surface area contributed by atoms with Gasteiger partial charge < -0.3 is 15.0 Å². The Morgan fingerprint density at radius 2 is 1.80 bits per heavy atom. The first-order valence-corrected chi connectivity index (χ1v) is 8.85. The van der Waals surface area contributed by atoms with E-state index in [-0.39, 0.29) is 36.9 Å². The second kappa shape index (κ2) is 9.53. The number of morpholine rings is 1. The van der Waals surface area contributed by atoms with Crippen molar-refractivity contribution in [2.24, 2.45) is 5.92 Å². The van der Waals surface area contributed by atoms with Crippen LogP contribution in [0.25, 0.3) is 0 Å². The van der Waals surface area contributed by atoms with Crippen molar-refractivity contribution in [3.63, 3.8) is 0 Å². The number of likely N-dealkylation sites (N-methyl/N-ethyl adjacent to an activating group) is 1. The number of hydrogen-bond acceptors (Lipinski definition) is 4. The average molecular weight is 347 g/mol. The SMILES string of the molecule is CC(C)C(NC(=O)CN(C)CC(=O)N1CCOCC1)c1ccccc1. The molecule has 1 aliphatic rings. The van der Waals surface area contributed by atoms with Gasteiger partial charge in [-0.15, -0.1) is 0 Å². The number of benzene rings is 1. The Bertz CT molecular complexity index is 556. The molecule has 138 valence electrons. The zero-order chi connectivity index (χ0) is 18.2. The van der Waals surface area contributed by atoms with Crippen molar-refractivity contribution < 1.29 is 14.3 Å². The molecule has 0 bridgehead atoms. The molecule has 0 radical (unpaired) electrons. The van der Waals surface area contributed by atoms with E-state index < -0.39 is 0 Å². The summed E-state index contributed by atoms with van der Waals surface area (Å²) in [6.45, 7) is 7.04. The molecule has 2 amide bonds. The highest BCUT2D eigenvalue weighted by molar-refractivity contribution is 5.81. The van der Waals surface area contributed by atoms with E-state index in [9.17, 15) is 9.59 Å². The van der Waals surface area contributed by atoms with Crippen LogP contribution in [0.2, 0.25) is 0 Å². The van der Waals surface area contributed by atoms with Crippen LogP contribution in [0.1, 0.15) is 25.5 Å². The highest BCUT2D eigenvalue weighted by Crippen LogP contribution is 2.21. The zero-order valence-electron chi connectivity index (χ0n) is 15.4. The molecule has 1 aliphatic heterocycles. The van der Waals surface area contributed by atoms with Crippen molar-refractivity contribution >= 4 is 11.8 Å². The first-order chi connectivity index (χ1) is 12.0. The normalized spacial score (nSPS) is 16.1. The molecule has 1 unspecified atom stereocenters. The van der Waals surface area contributed by atoms with Gasteiger partial charge in [0.2, 0.25) is 11.8 Å². The van der Waals surface area contributed by atoms with E-state index in [4.69, 9.17) is 4.74 Å². The maximum atomic E-state index is 12.4. The van der Waals surface area contributed by atoms with Gasteiger partial charge in [0.05, 0.1) is 32.3 Å². The van der Waals surface area contributed by atoms with Crippen LogP contribution in [0.3, 0.4) is 0 Å². The van der Waals surface area contributed by atoms with Crippen LogP contribution in [0.4, 0.5) is 0 Å². The molecule has 1 saturated heterocycles. The predicted octanol–water partition coefficient (Wildman–Crippen LogP) is 1.29. The fourth-order valence-electron chi connectivity index (χ4n) is 2.96. The monoisotopic (exact) mass is 347 g/mol. The van der Waals surface area contributed by atoms with Crippen molar-refractivity contribution in [1.29, 1.82) is 0 Å². The minimum absolute atomic E-state index is 0.0305.